The van der Waals surface area contributed by atoms with Crippen molar-refractivity contribution < 1.29 is 34.4 Å². The number of hydrogen-bond acceptors (Lipinski definition) is 8. The molecule has 0 spiro atoms. The summed E-state index contributed by atoms with van der Waals surface area (Å²) in [7, 11) is -10.4. The average Bonchev–Trinajstić information content (AvgIpc) is 3.07. The molecular formula is C41H62O8S2Si. The standard InChI is InChI=1S/C41H62O8S2Si/c1-30(2)52(31(3)4,32(5)6)48-26-36(10)24-35(9)25-38(28-47-50(42,43)39-20-16-33(7)17-21-39)41(29-46-27-37-14-12-11-13-15-37)49-51(44,45)40-22-18-34(8)19-23-40/h11-23,30-32,35-36,38,41H,24-29H2,1-10H3/t35-,36+,38-,41+/m1/s1. The van der Waals surface area contributed by atoms with Crippen molar-refractivity contribution in [1.82, 2.24) is 0 Å². The number of rotatable bonds is 22. The van der Waals surface area contributed by atoms with Gasteiger partial charge >= 0.3 is 0 Å². The van der Waals surface area contributed by atoms with Gasteiger partial charge in [-0.2, -0.15) is 16.8 Å². The lowest BCUT2D eigenvalue weighted by molar-refractivity contribution is -0.00250. The second kappa shape index (κ2) is 19.8. The van der Waals surface area contributed by atoms with Crippen molar-refractivity contribution in [2.75, 3.05) is 19.8 Å². The van der Waals surface area contributed by atoms with Crippen LogP contribution in [0.25, 0.3) is 0 Å². The van der Waals surface area contributed by atoms with Crippen LogP contribution in [-0.2, 0) is 44.4 Å². The monoisotopic (exact) mass is 774 g/mol. The minimum absolute atomic E-state index is 0.0185. The highest BCUT2D eigenvalue weighted by Crippen LogP contribution is 2.42. The van der Waals surface area contributed by atoms with Gasteiger partial charge in [-0.15, -0.1) is 0 Å². The fraction of sp³-hybridized carbons (Fsp3) is 0.561. The van der Waals surface area contributed by atoms with Crippen molar-refractivity contribution in [2.45, 2.75) is 121 Å². The van der Waals surface area contributed by atoms with Crippen LogP contribution in [0.1, 0.15) is 84.9 Å². The third kappa shape index (κ3) is 12.6. The normalized spacial score (nSPS) is 15.2. The van der Waals surface area contributed by atoms with E-state index in [1.54, 1.807) is 24.3 Å². The molecule has 8 nitrogen and oxygen atoms in total. The Labute approximate surface area is 316 Å². The molecule has 0 fully saturated rings. The van der Waals surface area contributed by atoms with E-state index in [9.17, 15) is 16.8 Å². The van der Waals surface area contributed by atoms with Crippen LogP contribution in [0.5, 0.6) is 0 Å². The summed E-state index contributed by atoms with van der Waals surface area (Å²) >= 11 is 0. The molecule has 0 radical (unpaired) electrons. The summed E-state index contributed by atoms with van der Waals surface area (Å²) in [6.45, 7) is 22.2. The van der Waals surface area contributed by atoms with Gasteiger partial charge < -0.3 is 9.16 Å². The van der Waals surface area contributed by atoms with Gasteiger partial charge in [-0.3, -0.25) is 8.37 Å². The molecule has 0 aliphatic heterocycles. The quantitative estimate of drug-likeness (QED) is 0.0734. The lowest BCUT2D eigenvalue weighted by Crippen LogP contribution is -2.48. The molecule has 0 unspecified atom stereocenters. The first-order chi connectivity index (χ1) is 24.4. The molecule has 0 heterocycles. The third-order valence-electron chi connectivity index (χ3n) is 10.1. The Kier molecular flexibility index (Phi) is 16.8. The first-order valence-corrected chi connectivity index (χ1v) is 23.5. The summed E-state index contributed by atoms with van der Waals surface area (Å²) in [5.41, 5.74) is 4.17. The summed E-state index contributed by atoms with van der Waals surface area (Å²) in [6.07, 6.45) is 0.208. The van der Waals surface area contributed by atoms with Gasteiger partial charge in [0.2, 0.25) is 0 Å². The average molecular weight is 775 g/mol. The smallest absolute Gasteiger partial charge is 0.297 e. The fourth-order valence-electron chi connectivity index (χ4n) is 7.46. The van der Waals surface area contributed by atoms with Crippen molar-refractivity contribution >= 4 is 28.6 Å². The van der Waals surface area contributed by atoms with E-state index < -0.39 is 40.6 Å². The van der Waals surface area contributed by atoms with Crippen LogP contribution in [0, 0.1) is 31.6 Å². The summed E-state index contributed by atoms with van der Waals surface area (Å²) in [4.78, 5) is 0.0545. The van der Waals surface area contributed by atoms with E-state index >= 15 is 0 Å². The van der Waals surface area contributed by atoms with E-state index in [-0.39, 0.29) is 41.4 Å². The van der Waals surface area contributed by atoms with Crippen LogP contribution in [0.15, 0.2) is 88.7 Å². The molecule has 290 valence electrons. The zero-order valence-electron chi connectivity index (χ0n) is 32.9. The molecule has 0 saturated heterocycles. The van der Waals surface area contributed by atoms with Crippen LogP contribution < -0.4 is 0 Å². The molecule has 0 saturated carbocycles. The fourth-order valence-corrected chi connectivity index (χ4v) is 15.1. The maximum absolute atomic E-state index is 13.7. The lowest BCUT2D eigenvalue weighted by Gasteiger charge is -2.43. The van der Waals surface area contributed by atoms with Gasteiger partial charge in [0.15, 0.2) is 8.32 Å². The van der Waals surface area contributed by atoms with Crippen LogP contribution in [-0.4, -0.2) is 51.1 Å². The van der Waals surface area contributed by atoms with Gasteiger partial charge in [0.25, 0.3) is 20.2 Å². The van der Waals surface area contributed by atoms with Crippen LogP contribution in [0.2, 0.25) is 16.6 Å². The lowest BCUT2D eigenvalue weighted by atomic mass is 9.87. The summed E-state index contributed by atoms with van der Waals surface area (Å²) in [6, 6.07) is 22.5. The van der Waals surface area contributed by atoms with E-state index in [0.717, 1.165) is 23.1 Å². The largest absolute Gasteiger partial charge is 0.416 e. The van der Waals surface area contributed by atoms with E-state index in [2.05, 4.69) is 55.4 Å². The van der Waals surface area contributed by atoms with Crippen molar-refractivity contribution in [3.05, 3.63) is 95.6 Å². The van der Waals surface area contributed by atoms with Crippen molar-refractivity contribution in [3.8, 4) is 0 Å². The number of benzene rings is 3. The second-order valence-electron chi connectivity index (χ2n) is 15.5. The molecule has 4 atom stereocenters. The highest BCUT2D eigenvalue weighted by molar-refractivity contribution is 7.87. The molecule has 0 aliphatic carbocycles. The maximum atomic E-state index is 13.7. The Hall–Kier alpha value is -2.38. The van der Waals surface area contributed by atoms with Crippen molar-refractivity contribution in [3.63, 3.8) is 0 Å². The third-order valence-corrected chi connectivity index (χ3v) is 18.8. The SMILES string of the molecule is Cc1ccc(S(=O)(=O)OC[C@@H](C[C@H](C)C[C@H](C)CO[Si](C(C)C)(C(C)C)C(C)C)[C@H](COCc2ccccc2)OS(=O)(=O)c2ccc(C)cc2)cc1. The van der Waals surface area contributed by atoms with E-state index in [1.165, 1.54) is 24.3 Å². The molecule has 0 bridgehead atoms. The number of hydrogen-bond donors (Lipinski definition) is 0. The van der Waals surface area contributed by atoms with Crippen molar-refractivity contribution in [2.24, 2.45) is 17.8 Å². The molecule has 0 aromatic heterocycles. The molecule has 11 heteroatoms. The predicted molar refractivity (Wildman–Crippen MR) is 212 cm³/mol. The van der Waals surface area contributed by atoms with E-state index in [0.29, 0.717) is 29.7 Å². The zero-order valence-corrected chi connectivity index (χ0v) is 35.5. The topological polar surface area (TPSA) is 105 Å². The van der Waals surface area contributed by atoms with Crippen LogP contribution in [0.3, 0.4) is 0 Å². The number of aryl methyl sites for hydroxylation is 2. The molecule has 3 rings (SSSR count). The Balaban J connectivity index is 1.90. The molecule has 0 aliphatic rings. The molecule has 52 heavy (non-hydrogen) atoms. The van der Waals surface area contributed by atoms with Gasteiger partial charge in [0.1, 0.15) is 6.10 Å². The van der Waals surface area contributed by atoms with E-state index in [4.69, 9.17) is 17.5 Å². The Bertz CT molecular complexity index is 1690. The van der Waals surface area contributed by atoms with Gasteiger partial charge in [-0.05, 0) is 85.0 Å². The van der Waals surface area contributed by atoms with E-state index in [1.807, 2.05) is 44.2 Å². The summed E-state index contributed by atoms with van der Waals surface area (Å²) in [5.74, 6) is -0.361. The number of ether oxygens (including phenoxy) is 1. The summed E-state index contributed by atoms with van der Waals surface area (Å²) in [5, 5.41) is 0. The van der Waals surface area contributed by atoms with Gasteiger partial charge in [-0.1, -0.05) is 121 Å². The predicted octanol–water partition coefficient (Wildman–Crippen LogP) is 9.86. The molecular weight excluding hydrogens is 713 g/mol. The Morgan fingerprint density at radius 2 is 1.08 bits per heavy atom. The molecule has 0 N–H and O–H groups in total. The minimum Gasteiger partial charge on any atom is -0.416 e. The highest BCUT2D eigenvalue weighted by Gasteiger charge is 2.45. The van der Waals surface area contributed by atoms with Crippen LogP contribution in [0.4, 0.5) is 0 Å². The van der Waals surface area contributed by atoms with Gasteiger partial charge in [0, 0.05) is 12.5 Å². The van der Waals surface area contributed by atoms with Gasteiger partial charge in [0.05, 0.1) is 29.6 Å². The first kappa shape index (κ1) is 44.0. The molecule has 3 aromatic carbocycles. The van der Waals surface area contributed by atoms with Crippen molar-refractivity contribution in [1.29, 1.82) is 0 Å². The highest BCUT2D eigenvalue weighted by atomic mass is 32.2. The molecule has 3 aromatic rings. The Morgan fingerprint density at radius 3 is 1.58 bits per heavy atom. The maximum Gasteiger partial charge on any atom is 0.297 e. The zero-order chi connectivity index (χ0) is 38.7. The summed E-state index contributed by atoms with van der Waals surface area (Å²) < 4.78 is 78.9. The minimum atomic E-state index is -4.24. The first-order valence-electron chi connectivity index (χ1n) is 18.6. The van der Waals surface area contributed by atoms with Gasteiger partial charge in [-0.25, -0.2) is 0 Å². The van der Waals surface area contributed by atoms with Crippen LogP contribution >= 0.6 is 0 Å². The second-order valence-corrected chi connectivity index (χ2v) is 24.2. The Morgan fingerprint density at radius 1 is 0.577 bits per heavy atom. The molecule has 0 amide bonds.